The Morgan fingerprint density at radius 1 is 0.462 bits per heavy atom. The van der Waals surface area contributed by atoms with Gasteiger partial charge in [0.2, 0.25) is 0 Å². The van der Waals surface area contributed by atoms with Crippen LogP contribution in [0.15, 0.2) is 42.5 Å². The lowest BCUT2D eigenvalue weighted by Gasteiger charge is -2.09. The van der Waals surface area contributed by atoms with E-state index in [1.54, 1.807) is 12.1 Å². The van der Waals surface area contributed by atoms with Crippen LogP contribution < -0.4 is 10.6 Å². The number of nitro benzene ring substituents is 2. The summed E-state index contributed by atoms with van der Waals surface area (Å²) in [6, 6.07) is 10.7. The normalized spacial score (nSPS) is 11.2. The van der Waals surface area contributed by atoms with Crippen LogP contribution in [-0.4, -0.2) is 194 Å². The van der Waals surface area contributed by atoms with Gasteiger partial charge in [-0.25, -0.2) is 4.79 Å². The number of non-ortho nitro benzene ring substituents is 1. The average molecular weight is 931 g/mol. The molecule has 2 aromatic rings. The summed E-state index contributed by atoms with van der Waals surface area (Å²) in [7, 11) is 0. The molecule has 65 heavy (non-hydrogen) atoms. The van der Waals surface area contributed by atoms with E-state index in [-0.39, 0.29) is 42.8 Å². The number of nitrogens with zero attached hydrogens (tertiary/aromatic N) is 2. The zero-order valence-electron chi connectivity index (χ0n) is 37.8. The molecule has 0 saturated carbocycles. The van der Waals surface area contributed by atoms with Crippen molar-refractivity contribution >= 4 is 28.7 Å². The number of rotatable bonds is 47. The summed E-state index contributed by atoms with van der Waals surface area (Å²) in [6.45, 7) is 13.6. The third-order valence-corrected chi connectivity index (χ3v) is 8.48. The molecule has 0 aliphatic rings. The number of hydrogen-bond acceptors (Lipinski definition) is 20. The van der Waals surface area contributed by atoms with Gasteiger partial charge >= 0.3 is 5.97 Å². The molecule has 0 unspecified atom stereocenters. The van der Waals surface area contributed by atoms with Crippen LogP contribution in [0.2, 0.25) is 0 Å². The highest BCUT2D eigenvalue weighted by atomic mass is 16.6. The summed E-state index contributed by atoms with van der Waals surface area (Å²) in [5, 5.41) is 28.2. The van der Waals surface area contributed by atoms with Gasteiger partial charge in [0, 0.05) is 24.8 Å². The number of carbonyl (C=O) groups is 1. The van der Waals surface area contributed by atoms with Gasteiger partial charge in [0.1, 0.15) is 12.3 Å². The fourth-order valence-corrected chi connectivity index (χ4v) is 5.12. The van der Waals surface area contributed by atoms with E-state index in [0.717, 1.165) is 31.1 Å². The number of anilines is 2. The Balaban J connectivity index is 1.18. The first-order chi connectivity index (χ1) is 31.9. The number of nitro groups is 2. The summed E-state index contributed by atoms with van der Waals surface area (Å²) in [6.07, 6.45) is 2.22. The van der Waals surface area contributed by atoms with E-state index in [2.05, 4.69) is 17.6 Å². The maximum atomic E-state index is 12.2. The highest BCUT2D eigenvalue weighted by molar-refractivity contribution is 5.89. The minimum absolute atomic E-state index is 0.176. The number of carbonyl (C=O) groups excluding carboxylic acids is 1. The predicted octanol–water partition coefficient (Wildman–Crippen LogP) is 4.18. The molecule has 0 atom stereocenters. The number of benzene rings is 2. The zero-order chi connectivity index (χ0) is 46.7. The topological polar surface area (TPSA) is 247 Å². The Kier molecular flexibility index (Phi) is 36.2. The molecule has 0 spiro atoms. The molecule has 370 valence electrons. The fourth-order valence-electron chi connectivity index (χ4n) is 5.12. The molecule has 2 rings (SSSR count). The minimum atomic E-state index is -0.683. The third kappa shape index (κ3) is 32.2. The van der Waals surface area contributed by atoms with Crippen LogP contribution in [0, 0.1) is 20.2 Å². The molecule has 0 aliphatic heterocycles. The van der Waals surface area contributed by atoms with Crippen molar-refractivity contribution < 1.29 is 76.2 Å². The molecule has 22 heteroatoms. The van der Waals surface area contributed by atoms with Crippen LogP contribution in [0.5, 0.6) is 0 Å². The van der Waals surface area contributed by atoms with Crippen LogP contribution in [0.25, 0.3) is 0 Å². The molecule has 0 aromatic heterocycles. The lowest BCUT2D eigenvalue weighted by atomic mass is 10.2. The second-order valence-electron chi connectivity index (χ2n) is 13.5. The molecule has 0 amide bonds. The molecule has 0 saturated heterocycles. The van der Waals surface area contributed by atoms with Gasteiger partial charge in [-0.05, 0) is 36.8 Å². The molecule has 0 bridgehead atoms. The Morgan fingerprint density at radius 2 is 0.831 bits per heavy atom. The number of nitrogens with one attached hydrogen (secondary N) is 2. The summed E-state index contributed by atoms with van der Waals surface area (Å²) in [4.78, 5) is 32.8. The summed E-state index contributed by atoms with van der Waals surface area (Å²) >= 11 is 0. The van der Waals surface area contributed by atoms with Gasteiger partial charge in [0.25, 0.3) is 11.4 Å². The molecular formula is C43H70N4O18. The van der Waals surface area contributed by atoms with Crippen LogP contribution in [0.4, 0.5) is 22.7 Å². The molecule has 0 heterocycles. The SMILES string of the molecule is CCCCNc1ccc(C(=O)OCCOCCOCCOCCOCCOCCOCCOCCOCCOCCOCCOCCOCCNc2ccc([N+](=O)[O-])cc2[N+](=O)[O-])cc1. The second-order valence-corrected chi connectivity index (χ2v) is 13.5. The quantitative estimate of drug-likeness (QED) is 0.0409. The summed E-state index contributed by atoms with van der Waals surface area (Å²) in [5.74, 6) is -0.373. The van der Waals surface area contributed by atoms with Crippen molar-refractivity contribution in [3.8, 4) is 0 Å². The van der Waals surface area contributed by atoms with E-state index in [9.17, 15) is 25.0 Å². The second kappa shape index (κ2) is 41.3. The Morgan fingerprint density at radius 3 is 1.18 bits per heavy atom. The van der Waals surface area contributed by atoms with Crippen molar-refractivity contribution in [1.29, 1.82) is 0 Å². The number of hydrogen-bond donors (Lipinski definition) is 2. The van der Waals surface area contributed by atoms with Gasteiger partial charge in [-0.3, -0.25) is 20.2 Å². The van der Waals surface area contributed by atoms with Crippen molar-refractivity contribution in [1.82, 2.24) is 0 Å². The van der Waals surface area contributed by atoms with Crippen molar-refractivity contribution in [2.24, 2.45) is 0 Å². The van der Waals surface area contributed by atoms with E-state index >= 15 is 0 Å². The monoisotopic (exact) mass is 930 g/mol. The number of ether oxygens (including phenoxy) is 13. The fraction of sp³-hybridized carbons (Fsp3) is 0.698. The first-order valence-corrected chi connectivity index (χ1v) is 22.0. The number of esters is 1. The third-order valence-electron chi connectivity index (χ3n) is 8.48. The van der Waals surface area contributed by atoms with E-state index in [4.69, 9.17) is 61.6 Å². The van der Waals surface area contributed by atoms with Crippen molar-refractivity contribution in [2.75, 3.05) is 189 Å². The molecular weight excluding hydrogens is 860 g/mol. The van der Waals surface area contributed by atoms with Gasteiger partial charge in [-0.2, -0.15) is 0 Å². The maximum absolute atomic E-state index is 12.2. The Labute approximate surface area is 381 Å². The van der Waals surface area contributed by atoms with Crippen LogP contribution in [-0.2, 0) is 61.6 Å². The van der Waals surface area contributed by atoms with Crippen molar-refractivity contribution in [3.05, 3.63) is 68.3 Å². The molecule has 22 nitrogen and oxygen atoms in total. The van der Waals surface area contributed by atoms with Gasteiger partial charge in [-0.15, -0.1) is 0 Å². The van der Waals surface area contributed by atoms with Crippen LogP contribution in [0.1, 0.15) is 30.1 Å². The first kappa shape index (κ1) is 57.0. The Hall–Kier alpha value is -4.17. The average Bonchev–Trinajstić information content (AvgIpc) is 3.31. The lowest BCUT2D eigenvalue weighted by Crippen LogP contribution is -2.16. The van der Waals surface area contributed by atoms with Crippen molar-refractivity contribution in [3.63, 3.8) is 0 Å². The lowest BCUT2D eigenvalue weighted by molar-refractivity contribution is -0.393. The minimum Gasteiger partial charge on any atom is -0.460 e. The highest BCUT2D eigenvalue weighted by Crippen LogP contribution is 2.28. The molecule has 2 aromatic carbocycles. The summed E-state index contributed by atoms with van der Waals surface area (Å²) < 4.78 is 70.9. The molecule has 0 aliphatic carbocycles. The van der Waals surface area contributed by atoms with E-state index in [1.807, 2.05) is 12.1 Å². The highest BCUT2D eigenvalue weighted by Gasteiger charge is 2.19. The van der Waals surface area contributed by atoms with E-state index < -0.39 is 9.85 Å². The van der Waals surface area contributed by atoms with E-state index in [1.165, 1.54) is 12.1 Å². The van der Waals surface area contributed by atoms with Crippen LogP contribution in [0.3, 0.4) is 0 Å². The largest absolute Gasteiger partial charge is 0.460 e. The molecule has 0 radical (unpaired) electrons. The zero-order valence-corrected chi connectivity index (χ0v) is 37.8. The predicted molar refractivity (Wildman–Crippen MR) is 238 cm³/mol. The van der Waals surface area contributed by atoms with Gasteiger partial charge in [-0.1, -0.05) is 13.3 Å². The Bertz CT molecular complexity index is 1480. The van der Waals surface area contributed by atoms with Gasteiger partial charge in [0.15, 0.2) is 0 Å². The maximum Gasteiger partial charge on any atom is 0.338 e. The van der Waals surface area contributed by atoms with E-state index in [0.29, 0.717) is 158 Å². The number of unbranched alkanes of at least 4 members (excludes halogenated alkanes) is 1. The van der Waals surface area contributed by atoms with Crippen molar-refractivity contribution in [2.45, 2.75) is 19.8 Å². The van der Waals surface area contributed by atoms with Gasteiger partial charge < -0.3 is 72.2 Å². The smallest absolute Gasteiger partial charge is 0.338 e. The van der Waals surface area contributed by atoms with Crippen LogP contribution >= 0.6 is 0 Å². The molecule has 2 N–H and O–H groups in total. The van der Waals surface area contributed by atoms with Gasteiger partial charge in [0.05, 0.1) is 180 Å². The molecule has 0 fully saturated rings. The summed E-state index contributed by atoms with van der Waals surface area (Å²) in [5.41, 5.74) is 0.952. The standard InChI is InChI=1S/C43H70N4O18/c1-2-3-10-44-39-6-4-38(5-7-39)43(48)65-36-35-64-34-33-63-32-31-62-30-29-61-28-27-60-26-25-59-24-23-58-22-21-57-20-19-56-18-17-55-16-15-54-14-13-53-12-11-45-41-9-8-40(46(49)50)37-42(41)47(51)52/h4-9,37,44-45H,2-3,10-36H2,1H3. The first-order valence-electron chi connectivity index (χ1n) is 22.0.